The zero-order valence-electron chi connectivity index (χ0n) is 3.92. The maximum Gasteiger partial charge on any atom is 0.753 e. The van der Waals surface area contributed by atoms with Gasteiger partial charge in [0.15, 0.2) is 0 Å². The second kappa shape index (κ2) is 3.88. The van der Waals surface area contributed by atoms with Crippen molar-refractivity contribution in [1.29, 1.82) is 0 Å². The molecule has 8 nitrogen and oxygen atoms in total. The fourth-order valence-electron chi connectivity index (χ4n) is 0.0895. The van der Waals surface area contributed by atoms with Crippen LogP contribution in [0.1, 0.15) is 0 Å². The molecule has 0 aromatic rings. The molecule has 0 unspecified atom stereocenters. The molecule has 0 N–H and O–H groups in total. The van der Waals surface area contributed by atoms with E-state index in [0.717, 1.165) is 0 Å². The molecule has 0 fully saturated rings. The summed E-state index contributed by atoms with van der Waals surface area (Å²) in [5.74, 6) is 0. The maximum absolute atomic E-state index is 9.28. The average molecular weight is 151 g/mol. The van der Waals surface area contributed by atoms with Crippen molar-refractivity contribution in [3.8, 4) is 0 Å². The first-order valence-electron chi connectivity index (χ1n) is 1.57. The van der Waals surface area contributed by atoms with Crippen LogP contribution in [0.4, 0.5) is 0 Å². The van der Waals surface area contributed by atoms with E-state index in [0.29, 0.717) is 0 Å². The molecule has 0 heterocycles. The van der Waals surface area contributed by atoms with Crippen molar-refractivity contribution in [3.63, 3.8) is 0 Å². The Hall–Kier alpha value is -1.07. The first-order chi connectivity index (χ1) is 4.13. The molecule has 0 aliphatic heterocycles. The average Bonchev–Trinajstić information content (AvgIpc) is 1.63. The van der Waals surface area contributed by atoms with E-state index in [1.165, 1.54) is 0 Å². The molecule has 1 radical (unpaired) electrons. The van der Waals surface area contributed by atoms with Gasteiger partial charge in [0.2, 0.25) is 0 Å². The van der Waals surface area contributed by atoms with Gasteiger partial charge in [-0.15, -0.1) is 20.2 Å². The zero-order valence-corrected chi connectivity index (χ0v) is 5.08. The topological polar surface area (TPSA) is 105 Å². The molecule has 0 aromatic heterocycles. The summed E-state index contributed by atoms with van der Waals surface area (Å²) < 4.78 is 6.99. The van der Waals surface area contributed by atoms with Crippen molar-refractivity contribution >= 4 is 15.9 Å². The van der Waals surface area contributed by atoms with Gasteiger partial charge in [-0.05, 0) is 0 Å². The Morgan fingerprint density at radius 2 is 1.44 bits per heavy atom. The van der Waals surface area contributed by atoms with E-state index in [4.69, 9.17) is 0 Å². The van der Waals surface area contributed by atoms with Crippen LogP contribution in [0.15, 0.2) is 0 Å². The van der Waals surface area contributed by atoms with Gasteiger partial charge in [0.05, 0.1) is 0 Å². The quantitative estimate of drug-likeness (QED) is 0.288. The normalized spacial score (nSPS) is 7.56. The lowest BCUT2D eigenvalue weighted by Gasteiger charge is -1.91. The van der Waals surface area contributed by atoms with E-state index in [1.54, 1.807) is 0 Å². The molecule has 0 spiro atoms. The summed E-state index contributed by atoms with van der Waals surface area (Å²) in [6, 6.07) is 0. The third-order valence-corrected chi connectivity index (χ3v) is 0.775. The van der Waals surface area contributed by atoms with Crippen molar-refractivity contribution < 1.29 is 18.0 Å². The molecule has 49 valence electrons. The molecule has 0 bridgehead atoms. The van der Waals surface area contributed by atoms with E-state index >= 15 is 0 Å². The molecule has 0 saturated heterocycles. The third-order valence-electron chi connectivity index (χ3n) is 0.258. The number of nitrogens with zero attached hydrogens (tertiary/aromatic N) is 2. The monoisotopic (exact) mass is 151 g/mol. The highest BCUT2D eigenvalue weighted by atomic mass is 27.2. The molecule has 0 rings (SSSR count). The molecule has 9 heavy (non-hydrogen) atoms. The molecule has 0 aromatic carbocycles. The Bertz CT molecular complexity index is 106. The minimum atomic E-state index is -1.64. The molecule has 0 atom stereocenters. The zero-order chi connectivity index (χ0) is 7.28. The first kappa shape index (κ1) is 7.93. The van der Waals surface area contributed by atoms with E-state index in [-0.39, 0.29) is 0 Å². The molecule has 9 heteroatoms. The third kappa shape index (κ3) is 6.93. The Morgan fingerprint density at radius 3 is 1.67 bits per heavy atom. The summed E-state index contributed by atoms with van der Waals surface area (Å²) in [6.45, 7) is 0. The molecule has 0 saturated carbocycles. The minimum Gasteiger partial charge on any atom is -0.422 e. The lowest BCUT2D eigenvalue weighted by atomic mass is 13.1. The first-order valence-corrected chi connectivity index (χ1v) is 2.51. The van der Waals surface area contributed by atoms with Crippen LogP contribution in [0.2, 0.25) is 0 Å². The van der Waals surface area contributed by atoms with E-state index in [2.05, 4.69) is 7.78 Å². The van der Waals surface area contributed by atoms with Crippen LogP contribution in [-0.4, -0.2) is 26.1 Å². The van der Waals surface area contributed by atoms with Crippen molar-refractivity contribution in [2.75, 3.05) is 0 Å². The van der Waals surface area contributed by atoms with Gasteiger partial charge in [0.1, 0.15) is 0 Å². The Labute approximate surface area is 54.9 Å². The highest BCUT2D eigenvalue weighted by Gasteiger charge is 2.05. The summed E-state index contributed by atoms with van der Waals surface area (Å²) in [6.07, 6.45) is 0. The van der Waals surface area contributed by atoms with Crippen LogP contribution in [0, 0.1) is 20.2 Å². The van der Waals surface area contributed by atoms with Crippen LogP contribution in [0.25, 0.3) is 0 Å². The van der Waals surface area contributed by atoms with Gasteiger partial charge in [-0.2, -0.15) is 0 Å². The molecule has 0 aliphatic rings. The highest BCUT2D eigenvalue weighted by Crippen LogP contribution is 1.73. The van der Waals surface area contributed by atoms with Crippen LogP contribution >= 0.6 is 0 Å². The molecule has 0 aliphatic carbocycles. The van der Waals surface area contributed by atoms with Crippen LogP contribution in [-0.2, 0) is 7.78 Å². The Morgan fingerprint density at radius 1 is 1.11 bits per heavy atom. The standard InChI is InChI=1S/Al.2NO3/c;2*2-1(3)4/q+2;2*-1. The van der Waals surface area contributed by atoms with Gasteiger partial charge in [0.25, 0.3) is 10.2 Å². The van der Waals surface area contributed by atoms with Crippen molar-refractivity contribution in [3.05, 3.63) is 20.2 Å². The molecule has 0 amide bonds. The Kier molecular flexibility index (Phi) is 3.42. The van der Waals surface area contributed by atoms with Gasteiger partial charge in [-0.1, -0.05) is 0 Å². The van der Waals surface area contributed by atoms with Gasteiger partial charge < -0.3 is 7.78 Å². The van der Waals surface area contributed by atoms with Gasteiger partial charge in [-0.3, -0.25) is 0 Å². The SMILES string of the molecule is O=[N+]([O-])[O][Al][O][N+](=O)[O-]. The van der Waals surface area contributed by atoms with E-state index in [1.807, 2.05) is 0 Å². The van der Waals surface area contributed by atoms with Crippen molar-refractivity contribution in [1.82, 2.24) is 0 Å². The van der Waals surface area contributed by atoms with Crippen LogP contribution < -0.4 is 0 Å². The number of hydrogen-bond acceptors (Lipinski definition) is 6. The fraction of sp³-hybridized carbons (Fsp3) is 0. The van der Waals surface area contributed by atoms with Crippen LogP contribution in [0.3, 0.4) is 0 Å². The second-order valence-electron chi connectivity index (χ2n) is 0.754. The number of rotatable bonds is 4. The van der Waals surface area contributed by atoms with Gasteiger partial charge in [-0.25, -0.2) is 0 Å². The van der Waals surface area contributed by atoms with Crippen LogP contribution in [0.5, 0.6) is 0 Å². The smallest absolute Gasteiger partial charge is 0.422 e. The molecular formula is AlN2O6. The number of hydrogen-bond donors (Lipinski definition) is 0. The summed E-state index contributed by atoms with van der Waals surface area (Å²) in [5.41, 5.74) is 0. The summed E-state index contributed by atoms with van der Waals surface area (Å²) in [7, 11) is 0. The molecular weight excluding hydrogens is 151 g/mol. The lowest BCUT2D eigenvalue weighted by molar-refractivity contribution is -0.755. The lowest BCUT2D eigenvalue weighted by Crippen LogP contribution is -2.13. The highest BCUT2D eigenvalue weighted by molar-refractivity contribution is 6.16. The summed E-state index contributed by atoms with van der Waals surface area (Å²) >= 11 is -1.64. The van der Waals surface area contributed by atoms with Gasteiger partial charge in [0, 0.05) is 0 Å². The second-order valence-corrected chi connectivity index (χ2v) is 1.37. The maximum atomic E-state index is 9.28. The van der Waals surface area contributed by atoms with Crippen molar-refractivity contribution in [2.45, 2.75) is 0 Å². The predicted molar refractivity (Wildman–Crippen MR) is 21.9 cm³/mol. The Balaban J connectivity index is 3.10. The van der Waals surface area contributed by atoms with E-state index < -0.39 is 26.1 Å². The largest absolute Gasteiger partial charge is 0.753 e. The summed E-state index contributed by atoms with van der Waals surface area (Å²) in [5, 5.41) is 16.3. The summed E-state index contributed by atoms with van der Waals surface area (Å²) in [4.78, 5) is 18.6. The predicted octanol–water partition coefficient (Wildman–Crippen LogP) is -1.06. The fourth-order valence-corrected chi connectivity index (χ4v) is 0.269. The minimum absolute atomic E-state index is 1.15. The van der Waals surface area contributed by atoms with E-state index in [9.17, 15) is 20.2 Å². The van der Waals surface area contributed by atoms with Crippen molar-refractivity contribution in [2.24, 2.45) is 0 Å². The van der Waals surface area contributed by atoms with Gasteiger partial charge >= 0.3 is 15.9 Å².